The molecule has 1 aliphatic rings. The van der Waals surface area contributed by atoms with Crippen LogP contribution < -0.4 is 5.32 Å². The summed E-state index contributed by atoms with van der Waals surface area (Å²) in [6, 6.07) is 4.62. The Morgan fingerprint density at radius 1 is 1.46 bits per heavy atom. The van der Waals surface area contributed by atoms with Gasteiger partial charge in [-0.25, -0.2) is 8.42 Å². The van der Waals surface area contributed by atoms with Gasteiger partial charge in [0.1, 0.15) is 11.8 Å². The van der Waals surface area contributed by atoms with Crippen LogP contribution in [0.5, 0.6) is 0 Å². The monoisotopic (exact) mass is 427 g/mol. The summed E-state index contributed by atoms with van der Waals surface area (Å²) in [6.45, 7) is 1.72. The molecule has 1 fully saturated rings. The number of carbonyl (C=O) groups is 1. The van der Waals surface area contributed by atoms with E-state index in [1.54, 1.807) is 12.1 Å². The lowest BCUT2D eigenvalue weighted by Gasteiger charge is -2.23. The SMILES string of the molecule is Cc1c(Cl)cc(S(=O)(=O)N2CCC[C@@H]2C(=O)NCc2ccco2)cc1[N+](=O)[O-]. The quantitative estimate of drug-likeness (QED) is 0.558. The molecule has 0 spiro atoms. The Labute approximate surface area is 166 Å². The highest BCUT2D eigenvalue weighted by atomic mass is 35.5. The number of carbonyl (C=O) groups excluding carboxylic acids is 1. The lowest BCUT2D eigenvalue weighted by molar-refractivity contribution is -0.385. The van der Waals surface area contributed by atoms with Gasteiger partial charge in [0.25, 0.3) is 5.69 Å². The molecule has 1 amide bonds. The third-order valence-corrected chi connectivity index (χ3v) is 6.90. The van der Waals surface area contributed by atoms with Crippen molar-refractivity contribution in [3.8, 4) is 0 Å². The molecule has 0 bridgehead atoms. The minimum Gasteiger partial charge on any atom is -0.467 e. The third-order valence-electron chi connectivity index (χ3n) is 4.62. The van der Waals surface area contributed by atoms with Crippen molar-refractivity contribution >= 4 is 33.2 Å². The maximum absolute atomic E-state index is 13.1. The van der Waals surface area contributed by atoms with Gasteiger partial charge in [-0.1, -0.05) is 11.6 Å². The maximum Gasteiger partial charge on any atom is 0.275 e. The van der Waals surface area contributed by atoms with Gasteiger partial charge in [-0.2, -0.15) is 4.31 Å². The maximum atomic E-state index is 13.1. The number of sulfonamides is 1. The molecule has 2 aromatic rings. The van der Waals surface area contributed by atoms with Crippen LogP contribution in [0, 0.1) is 17.0 Å². The van der Waals surface area contributed by atoms with Gasteiger partial charge in [-0.15, -0.1) is 0 Å². The summed E-state index contributed by atoms with van der Waals surface area (Å²) in [7, 11) is -4.14. The van der Waals surface area contributed by atoms with Crippen molar-refractivity contribution in [1.29, 1.82) is 0 Å². The molecule has 11 heteroatoms. The van der Waals surface area contributed by atoms with Crippen molar-refractivity contribution in [1.82, 2.24) is 9.62 Å². The summed E-state index contributed by atoms with van der Waals surface area (Å²) in [5.74, 6) is 0.0897. The highest BCUT2D eigenvalue weighted by Gasteiger charge is 2.40. The van der Waals surface area contributed by atoms with Crippen molar-refractivity contribution in [2.75, 3.05) is 6.54 Å². The molecule has 150 valence electrons. The highest BCUT2D eigenvalue weighted by molar-refractivity contribution is 7.89. The minimum absolute atomic E-state index is 0.0224. The zero-order valence-corrected chi connectivity index (χ0v) is 16.5. The van der Waals surface area contributed by atoms with Gasteiger partial charge in [-0.05, 0) is 38.0 Å². The van der Waals surface area contributed by atoms with Crippen LogP contribution in [0.1, 0.15) is 24.2 Å². The molecule has 1 saturated heterocycles. The van der Waals surface area contributed by atoms with E-state index in [1.165, 1.54) is 19.3 Å². The first-order valence-corrected chi connectivity index (χ1v) is 10.3. The van der Waals surface area contributed by atoms with Crippen LogP contribution in [0.25, 0.3) is 0 Å². The lowest BCUT2D eigenvalue weighted by Crippen LogP contribution is -2.45. The smallest absolute Gasteiger partial charge is 0.275 e. The fraction of sp³-hybridized carbons (Fsp3) is 0.353. The van der Waals surface area contributed by atoms with Crippen LogP contribution in [-0.2, 0) is 21.4 Å². The second-order valence-electron chi connectivity index (χ2n) is 6.38. The molecule has 1 aromatic heterocycles. The van der Waals surface area contributed by atoms with Gasteiger partial charge in [0.15, 0.2) is 0 Å². The van der Waals surface area contributed by atoms with Crippen molar-refractivity contribution < 1.29 is 22.6 Å². The molecule has 28 heavy (non-hydrogen) atoms. The number of nitro benzene ring substituents is 1. The zero-order valence-electron chi connectivity index (χ0n) is 14.9. The van der Waals surface area contributed by atoms with E-state index in [-0.39, 0.29) is 34.3 Å². The van der Waals surface area contributed by atoms with E-state index in [4.69, 9.17) is 16.0 Å². The molecular formula is C17H18ClN3O6S. The molecule has 9 nitrogen and oxygen atoms in total. The molecule has 0 saturated carbocycles. The van der Waals surface area contributed by atoms with E-state index in [1.807, 2.05) is 0 Å². The van der Waals surface area contributed by atoms with E-state index in [2.05, 4.69) is 5.32 Å². The predicted octanol–water partition coefficient (Wildman–Crippen LogP) is 2.62. The number of nitrogens with one attached hydrogen (secondary N) is 1. The topological polar surface area (TPSA) is 123 Å². The van der Waals surface area contributed by atoms with E-state index < -0.39 is 26.9 Å². The molecule has 0 radical (unpaired) electrons. The molecule has 1 aromatic carbocycles. The van der Waals surface area contributed by atoms with E-state index in [0.29, 0.717) is 18.6 Å². The van der Waals surface area contributed by atoms with Gasteiger partial charge in [0.05, 0.1) is 27.6 Å². The Kier molecular flexibility index (Phi) is 5.73. The van der Waals surface area contributed by atoms with Gasteiger partial charge >= 0.3 is 0 Å². The second-order valence-corrected chi connectivity index (χ2v) is 8.68. The minimum atomic E-state index is -4.14. The van der Waals surface area contributed by atoms with Crippen molar-refractivity contribution in [2.24, 2.45) is 0 Å². The number of benzene rings is 1. The summed E-state index contributed by atoms with van der Waals surface area (Å²) in [5.41, 5.74) is -0.205. The molecule has 1 N–H and O–H groups in total. The van der Waals surface area contributed by atoms with Gasteiger partial charge in [0.2, 0.25) is 15.9 Å². The number of rotatable bonds is 6. The Morgan fingerprint density at radius 3 is 2.86 bits per heavy atom. The first-order valence-electron chi connectivity index (χ1n) is 8.48. The highest BCUT2D eigenvalue weighted by Crippen LogP contribution is 2.33. The molecule has 0 unspecified atom stereocenters. The summed E-state index contributed by atoms with van der Waals surface area (Å²) in [4.78, 5) is 22.8. The van der Waals surface area contributed by atoms with Crippen LogP contribution >= 0.6 is 11.6 Å². The lowest BCUT2D eigenvalue weighted by atomic mass is 10.2. The summed E-state index contributed by atoms with van der Waals surface area (Å²) < 4.78 is 32.3. The van der Waals surface area contributed by atoms with Crippen LogP contribution in [0.4, 0.5) is 5.69 Å². The number of hydrogen-bond donors (Lipinski definition) is 1. The van der Waals surface area contributed by atoms with Gasteiger partial charge < -0.3 is 9.73 Å². The average Bonchev–Trinajstić information content (AvgIpc) is 3.33. The Balaban J connectivity index is 1.86. The first kappa shape index (κ1) is 20.3. The Morgan fingerprint density at radius 2 is 2.21 bits per heavy atom. The number of halogens is 1. The van der Waals surface area contributed by atoms with Crippen molar-refractivity contribution in [3.63, 3.8) is 0 Å². The predicted molar refractivity (Wildman–Crippen MR) is 100 cm³/mol. The van der Waals surface area contributed by atoms with E-state index in [0.717, 1.165) is 10.4 Å². The fourth-order valence-electron chi connectivity index (χ4n) is 3.11. The summed E-state index contributed by atoms with van der Waals surface area (Å²) >= 11 is 6.00. The van der Waals surface area contributed by atoms with Crippen molar-refractivity contribution in [2.45, 2.75) is 37.2 Å². The molecule has 1 aliphatic heterocycles. The Bertz CT molecular complexity index is 1010. The standard InChI is InChI=1S/C17H18ClN3O6S/c1-11-14(18)8-13(9-16(11)21(23)24)28(25,26)20-6-2-5-15(20)17(22)19-10-12-4-3-7-27-12/h3-4,7-9,15H,2,5-6,10H2,1H3,(H,19,22)/t15-/m1/s1. The Hall–Kier alpha value is -2.43. The van der Waals surface area contributed by atoms with Gasteiger partial charge in [0, 0.05) is 18.2 Å². The molecular weight excluding hydrogens is 410 g/mol. The second kappa shape index (κ2) is 7.90. The fourth-order valence-corrected chi connectivity index (χ4v) is 5.09. The van der Waals surface area contributed by atoms with Crippen LogP contribution in [-0.4, -0.2) is 36.1 Å². The molecule has 2 heterocycles. The van der Waals surface area contributed by atoms with E-state index >= 15 is 0 Å². The summed E-state index contributed by atoms with van der Waals surface area (Å²) in [5, 5.41) is 13.8. The average molecular weight is 428 g/mol. The number of nitrogens with zero attached hydrogens (tertiary/aromatic N) is 2. The van der Waals surface area contributed by atoms with Crippen LogP contribution in [0.15, 0.2) is 39.8 Å². The number of nitro groups is 1. The van der Waals surface area contributed by atoms with Crippen LogP contribution in [0.3, 0.4) is 0 Å². The number of hydrogen-bond acceptors (Lipinski definition) is 6. The first-order chi connectivity index (χ1) is 13.2. The largest absolute Gasteiger partial charge is 0.467 e. The number of amides is 1. The zero-order chi connectivity index (χ0) is 20.5. The molecule has 3 rings (SSSR count). The summed E-state index contributed by atoms with van der Waals surface area (Å²) in [6.07, 6.45) is 2.33. The molecule has 0 aliphatic carbocycles. The number of furan rings is 1. The molecule has 1 atom stereocenters. The van der Waals surface area contributed by atoms with E-state index in [9.17, 15) is 23.3 Å². The third kappa shape index (κ3) is 3.89. The normalized spacial score (nSPS) is 17.6. The van der Waals surface area contributed by atoms with Crippen LogP contribution in [0.2, 0.25) is 5.02 Å². The van der Waals surface area contributed by atoms with Crippen molar-refractivity contribution in [3.05, 3.63) is 57.0 Å². The van der Waals surface area contributed by atoms with Gasteiger partial charge in [-0.3, -0.25) is 14.9 Å².